The van der Waals surface area contributed by atoms with Gasteiger partial charge >= 0.3 is 0 Å². The Kier molecular flexibility index (Phi) is 2.75. The predicted octanol–water partition coefficient (Wildman–Crippen LogP) is -1.31. The van der Waals surface area contributed by atoms with Crippen LogP contribution in [0.5, 0.6) is 0 Å². The minimum Gasteiger partial charge on any atom is -0.347 e. The van der Waals surface area contributed by atoms with Crippen molar-refractivity contribution in [2.75, 3.05) is 26.3 Å². The summed E-state index contributed by atoms with van der Waals surface area (Å²) in [7, 11) is 0. The average molecular weight is 234 g/mol. The fraction of sp³-hybridized carbons (Fsp3) is 1.00. The molecule has 0 spiro atoms. The van der Waals surface area contributed by atoms with Gasteiger partial charge in [0.15, 0.2) is 10.1 Å². The van der Waals surface area contributed by atoms with Crippen molar-refractivity contribution >= 4 is 0 Å². The highest BCUT2D eigenvalue weighted by Gasteiger charge is 2.49. The number of hydrazine groups is 2. The Labute approximate surface area is 89.5 Å². The van der Waals surface area contributed by atoms with Crippen LogP contribution in [0.2, 0.25) is 0 Å². The van der Waals surface area contributed by atoms with Crippen LogP contribution >= 0.6 is 0 Å². The van der Waals surface area contributed by atoms with E-state index in [1.54, 1.807) is 0 Å². The number of hydrogen-bond acceptors (Lipinski definition) is 6. The van der Waals surface area contributed by atoms with Crippen LogP contribution in [0.3, 0.4) is 0 Å². The third-order valence-electron chi connectivity index (χ3n) is 2.47. The zero-order valence-electron chi connectivity index (χ0n) is 8.22. The van der Waals surface area contributed by atoms with Crippen LogP contribution in [0, 0.1) is 20.2 Å². The summed E-state index contributed by atoms with van der Waals surface area (Å²) in [6.45, 7) is 0.241. The van der Waals surface area contributed by atoms with Gasteiger partial charge in [0, 0.05) is 0 Å². The lowest BCUT2D eigenvalue weighted by Crippen LogP contribution is -2.65. The summed E-state index contributed by atoms with van der Waals surface area (Å²) < 4.78 is 10.3. The van der Waals surface area contributed by atoms with Crippen LogP contribution in [0.1, 0.15) is 0 Å². The highest BCUT2D eigenvalue weighted by atomic mass is 16.7. The van der Waals surface area contributed by atoms with E-state index in [4.69, 9.17) is 9.47 Å². The molecular formula is C6H10N4O6. The summed E-state index contributed by atoms with van der Waals surface area (Å²) in [5.41, 5.74) is 0. The largest absolute Gasteiger partial charge is 0.347 e. The van der Waals surface area contributed by atoms with Gasteiger partial charge in [-0.3, -0.25) is 0 Å². The monoisotopic (exact) mass is 234 g/mol. The van der Waals surface area contributed by atoms with Crippen molar-refractivity contribution in [3.63, 3.8) is 0 Å². The molecule has 2 aliphatic heterocycles. The first-order valence-corrected chi connectivity index (χ1v) is 4.66. The fourth-order valence-corrected chi connectivity index (χ4v) is 1.77. The summed E-state index contributed by atoms with van der Waals surface area (Å²) in [5, 5.41) is 21.8. The molecule has 0 amide bonds. The number of ether oxygens (including phenoxy) is 2. The SMILES string of the molecule is O=[N+]([O-])N1CCOC2C1OCCN2[N+](=O)[O-]. The lowest BCUT2D eigenvalue weighted by molar-refractivity contribution is -0.724. The molecule has 0 N–H and O–H groups in total. The van der Waals surface area contributed by atoms with E-state index in [0.717, 1.165) is 10.0 Å². The number of fused-ring (bicyclic) bond motifs is 1. The van der Waals surface area contributed by atoms with Gasteiger partial charge < -0.3 is 9.47 Å². The van der Waals surface area contributed by atoms with Crippen molar-refractivity contribution in [2.24, 2.45) is 0 Å². The maximum absolute atomic E-state index is 10.7. The van der Waals surface area contributed by atoms with Gasteiger partial charge in [-0.2, -0.15) is 0 Å². The molecule has 2 fully saturated rings. The minimum absolute atomic E-state index is 0.0553. The second kappa shape index (κ2) is 4.06. The third-order valence-corrected chi connectivity index (χ3v) is 2.47. The van der Waals surface area contributed by atoms with E-state index < -0.39 is 22.5 Å². The number of nitro groups is 2. The molecule has 90 valence electrons. The van der Waals surface area contributed by atoms with Crippen molar-refractivity contribution < 1.29 is 19.5 Å². The first-order chi connectivity index (χ1) is 7.61. The Bertz CT molecular complexity index is 281. The van der Waals surface area contributed by atoms with Gasteiger partial charge in [0.05, 0.1) is 13.2 Å². The van der Waals surface area contributed by atoms with Crippen LogP contribution < -0.4 is 0 Å². The zero-order chi connectivity index (χ0) is 11.7. The second-order valence-corrected chi connectivity index (χ2v) is 3.32. The average Bonchev–Trinajstić information content (AvgIpc) is 2.27. The smallest absolute Gasteiger partial charge is 0.238 e. The van der Waals surface area contributed by atoms with Gasteiger partial charge in [0.1, 0.15) is 13.1 Å². The molecule has 0 aliphatic carbocycles. The normalized spacial score (nSPS) is 29.8. The highest BCUT2D eigenvalue weighted by molar-refractivity contribution is 4.74. The van der Waals surface area contributed by atoms with E-state index >= 15 is 0 Å². The highest BCUT2D eigenvalue weighted by Crippen LogP contribution is 2.22. The molecule has 2 saturated heterocycles. The van der Waals surface area contributed by atoms with Gasteiger partial charge in [-0.25, -0.2) is 20.2 Å². The van der Waals surface area contributed by atoms with Crippen molar-refractivity contribution in [1.82, 2.24) is 10.0 Å². The molecule has 2 atom stereocenters. The zero-order valence-corrected chi connectivity index (χ0v) is 8.22. The summed E-state index contributed by atoms with van der Waals surface area (Å²) in [6.07, 6.45) is -2.05. The van der Waals surface area contributed by atoms with Crippen LogP contribution in [0.4, 0.5) is 0 Å². The van der Waals surface area contributed by atoms with Crippen LogP contribution in [-0.2, 0) is 9.47 Å². The van der Waals surface area contributed by atoms with E-state index in [-0.39, 0.29) is 26.3 Å². The van der Waals surface area contributed by atoms with E-state index in [0.29, 0.717) is 0 Å². The van der Waals surface area contributed by atoms with E-state index in [9.17, 15) is 20.2 Å². The molecule has 2 unspecified atom stereocenters. The molecule has 0 saturated carbocycles. The van der Waals surface area contributed by atoms with E-state index in [1.165, 1.54) is 0 Å². The molecule has 0 aromatic carbocycles. The second-order valence-electron chi connectivity index (χ2n) is 3.32. The van der Waals surface area contributed by atoms with Gasteiger partial charge in [-0.15, -0.1) is 0 Å². The number of hydrogen-bond donors (Lipinski definition) is 0. The fourth-order valence-electron chi connectivity index (χ4n) is 1.77. The lowest BCUT2D eigenvalue weighted by atomic mass is 10.3. The molecule has 10 heteroatoms. The number of morpholine rings is 2. The van der Waals surface area contributed by atoms with Crippen LogP contribution in [0.25, 0.3) is 0 Å². The molecule has 0 aromatic heterocycles. The van der Waals surface area contributed by atoms with E-state index in [2.05, 4.69) is 0 Å². The topological polar surface area (TPSA) is 111 Å². The van der Waals surface area contributed by atoms with Crippen LogP contribution in [0.15, 0.2) is 0 Å². The molecule has 2 rings (SSSR count). The van der Waals surface area contributed by atoms with Gasteiger partial charge in [-0.1, -0.05) is 10.0 Å². The standard InChI is InChI=1S/C6H10N4O6/c11-9(12)7-1-3-15-6-5(7)16-4-2-8(6)10(13)14/h5-6H,1-4H2. The molecular weight excluding hydrogens is 224 g/mol. The minimum atomic E-state index is -1.03. The van der Waals surface area contributed by atoms with Gasteiger partial charge in [0.25, 0.3) is 0 Å². The molecule has 0 radical (unpaired) electrons. The molecule has 2 aliphatic rings. The Hall–Kier alpha value is -1.68. The first kappa shape index (κ1) is 10.8. The maximum atomic E-state index is 10.7. The summed E-state index contributed by atoms with van der Waals surface area (Å²) in [6, 6.07) is 0. The van der Waals surface area contributed by atoms with Crippen molar-refractivity contribution in [2.45, 2.75) is 12.5 Å². The molecule has 16 heavy (non-hydrogen) atoms. The molecule has 0 bridgehead atoms. The van der Waals surface area contributed by atoms with Crippen molar-refractivity contribution in [1.29, 1.82) is 0 Å². The first-order valence-electron chi connectivity index (χ1n) is 4.66. The maximum Gasteiger partial charge on any atom is 0.238 e. The Morgan fingerprint density at radius 3 is 1.62 bits per heavy atom. The molecule has 10 nitrogen and oxygen atoms in total. The summed E-state index contributed by atoms with van der Waals surface area (Å²) in [4.78, 5) is 21.4. The van der Waals surface area contributed by atoms with Gasteiger partial charge in [0.2, 0.25) is 12.5 Å². The Morgan fingerprint density at radius 2 is 1.31 bits per heavy atom. The predicted molar refractivity (Wildman–Crippen MR) is 46.9 cm³/mol. The van der Waals surface area contributed by atoms with Gasteiger partial charge in [-0.05, 0) is 0 Å². The third kappa shape index (κ3) is 1.72. The quantitative estimate of drug-likeness (QED) is 0.427. The van der Waals surface area contributed by atoms with E-state index in [1.807, 2.05) is 0 Å². The lowest BCUT2D eigenvalue weighted by Gasteiger charge is -2.39. The number of rotatable bonds is 2. The Morgan fingerprint density at radius 1 is 0.938 bits per heavy atom. The molecule has 2 heterocycles. The van der Waals surface area contributed by atoms with Crippen molar-refractivity contribution in [3.8, 4) is 0 Å². The molecule has 0 aromatic rings. The van der Waals surface area contributed by atoms with Crippen LogP contribution in [-0.4, -0.2) is 58.8 Å². The van der Waals surface area contributed by atoms with Crippen molar-refractivity contribution in [3.05, 3.63) is 20.2 Å². The summed E-state index contributed by atoms with van der Waals surface area (Å²) in [5.74, 6) is 0. The summed E-state index contributed by atoms with van der Waals surface area (Å²) >= 11 is 0. The Balaban J connectivity index is 2.17. The number of nitrogens with zero attached hydrogens (tertiary/aromatic N) is 4.